The number of hydrogen-bond donors (Lipinski definition) is 0. The molecule has 17 heavy (non-hydrogen) atoms. The Kier molecular flexibility index (Phi) is 3.24. The molecular formula is C14H9NO2. The lowest BCUT2D eigenvalue weighted by Gasteiger charge is -2.04. The molecule has 0 spiro atoms. The highest BCUT2D eigenvalue weighted by molar-refractivity contribution is 5.87. The van der Waals surface area contributed by atoms with E-state index < -0.39 is 0 Å². The summed E-state index contributed by atoms with van der Waals surface area (Å²) in [7, 11) is 0. The molecule has 82 valence electrons. The molecule has 0 saturated heterocycles. The molecule has 2 rings (SSSR count). The number of aliphatic imine (C=N–C) groups is 1. The molecule has 0 aliphatic carbocycles. The monoisotopic (exact) mass is 223 g/mol. The highest BCUT2D eigenvalue weighted by Gasteiger charge is 2.02. The van der Waals surface area contributed by atoms with Crippen LogP contribution in [0.1, 0.15) is 10.4 Å². The number of carbonyl (C=O) groups excluding carboxylic acids is 2. The first-order valence-electron chi connectivity index (χ1n) is 5.07. The van der Waals surface area contributed by atoms with Gasteiger partial charge in [-0.25, -0.2) is 4.79 Å². The van der Waals surface area contributed by atoms with Gasteiger partial charge in [0.15, 0.2) is 6.29 Å². The number of rotatable bonds is 3. The SMILES string of the molecule is O=C=Nc1ccc(-c2ccccc2C=O)cc1. The summed E-state index contributed by atoms with van der Waals surface area (Å²) in [5.74, 6) is 0. The number of carbonyl (C=O) groups is 1. The van der Waals surface area contributed by atoms with Crippen LogP contribution in [0.5, 0.6) is 0 Å². The fourth-order valence-corrected chi connectivity index (χ4v) is 1.63. The minimum atomic E-state index is 0.548. The van der Waals surface area contributed by atoms with Crippen LogP contribution in [0.4, 0.5) is 5.69 Å². The third-order valence-corrected chi connectivity index (χ3v) is 2.44. The second-order valence-corrected chi connectivity index (χ2v) is 3.46. The lowest BCUT2D eigenvalue weighted by Crippen LogP contribution is -1.86. The number of nitrogens with zero attached hydrogens (tertiary/aromatic N) is 1. The highest BCUT2D eigenvalue weighted by Crippen LogP contribution is 2.24. The van der Waals surface area contributed by atoms with Crippen LogP contribution in [-0.2, 0) is 4.79 Å². The van der Waals surface area contributed by atoms with Crippen LogP contribution in [0.2, 0.25) is 0 Å². The summed E-state index contributed by atoms with van der Waals surface area (Å²) in [6, 6.07) is 14.4. The van der Waals surface area contributed by atoms with Crippen molar-refractivity contribution in [3.63, 3.8) is 0 Å². The molecule has 0 N–H and O–H groups in total. The summed E-state index contributed by atoms with van der Waals surface area (Å²) in [6.45, 7) is 0. The van der Waals surface area contributed by atoms with E-state index in [1.807, 2.05) is 30.3 Å². The third-order valence-electron chi connectivity index (χ3n) is 2.44. The highest BCUT2D eigenvalue weighted by atomic mass is 16.1. The Balaban J connectivity index is 2.46. The minimum absolute atomic E-state index is 0.548. The molecule has 0 amide bonds. The van der Waals surface area contributed by atoms with Gasteiger partial charge < -0.3 is 0 Å². The number of hydrogen-bond acceptors (Lipinski definition) is 3. The topological polar surface area (TPSA) is 46.5 Å². The average molecular weight is 223 g/mol. The van der Waals surface area contributed by atoms with Crippen molar-refractivity contribution in [2.75, 3.05) is 0 Å². The van der Waals surface area contributed by atoms with Gasteiger partial charge in [0, 0.05) is 5.56 Å². The molecule has 0 heterocycles. The van der Waals surface area contributed by atoms with Crippen molar-refractivity contribution >= 4 is 18.1 Å². The van der Waals surface area contributed by atoms with Gasteiger partial charge in [0.05, 0.1) is 5.69 Å². The van der Waals surface area contributed by atoms with Gasteiger partial charge in [-0.2, -0.15) is 4.99 Å². The molecule has 0 aliphatic rings. The van der Waals surface area contributed by atoms with Crippen molar-refractivity contribution in [1.82, 2.24) is 0 Å². The van der Waals surface area contributed by atoms with E-state index in [2.05, 4.69) is 4.99 Å². The molecule has 0 aliphatic heterocycles. The van der Waals surface area contributed by atoms with Crippen LogP contribution < -0.4 is 0 Å². The lowest BCUT2D eigenvalue weighted by molar-refractivity contribution is 0.112. The molecule has 3 nitrogen and oxygen atoms in total. The Labute approximate surface area is 98.4 Å². The van der Waals surface area contributed by atoms with Gasteiger partial charge in [-0.15, -0.1) is 0 Å². The Morgan fingerprint density at radius 3 is 2.35 bits per heavy atom. The van der Waals surface area contributed by atoms with E-state index in [4.69, 9.17) is 0 Å². The summed E-state index contributed by atoms with van der Waals surface area (Å²) in [6.07, 6.45) is 2.31. The zero-order valence-electron chi connectivity index (χ0n) is 8.96. The van der Waals surface area contributed by atoms with E-state index in [9.17, 15) is 9.59 Å². The van der Waals surface area contributed by atoms with Gasteiger partial charge >= 0.3 is 0 Å². The zero-order valence-corrected chi connectivity index (χ0v) is 8.96. The lowest BCUT2D eigenvalue weighted by atomic mass is 10.0. The van der Waals surface area contributed by atoms with E-state index in [0.29, 0.717) is 11.3 Å². The fourth-order valence-electron chi connectivity index (χ4n) is 1.63. The number of aldehydes is 1. The van der Waals surface area contributed by atoms with E-state index in [1.165, 1.54) is 6.08 Å². The van der Waals surface area contributed by atoms with Crippen molar-refractivity contribution in [1.29, 1.82) is 0 Å². The number of isocyanates is 1. The second kappa shape index (κ2) is 5.01. The van der Waals surface area contributed by atoms with Crippen LogP contribution in [-0.4, -0.2) is 12.4 Å². The van der Waals surface area contributed by atoms with E-state index in [0.717, 1.165) is 17.4 Å². The molecular weight excluding hydrogens is 214 g/mol. The quantitative estimate of drug-likeness (QED) is 0.456. The van der Waals surface area contributed by atoms with E-state index in [1.54, 1.807) is 18.2 Å². The predicted octanol–water partition coefficient (Wildman–Crippen LogP) is 3.13. The van der Waals surface area contributed by atoms with Gasteiger partial charge in [0.2, 0.25) is 6.08 Å². The van der Waals surface area contributed by atoms with Crippen LogP contribution in [0.3, 0.4) is 0 Å². The van der Waals surface area contributed by atoms with Crippen LogP contribution >= 0.6 is 0 Å². The Bertz CT molecular complexity index is 581. The summed E-state index contributed by atoms with van der Waals surface area (Å²) < 4.78 is 0. The molecule has 0 saturated carbocycles. The largest absolute Gasteiger partial charge is 0.298 e. The van der Waals surface area contributed by atoms with Gasteiger partial charge in [-0.3, -0.25) is 4.79 Å². The van der Waals surface area contributed by atoms with Crippen LogP contribution in [0.15, 0.2) is 53.5 Å². The van der Waals surface area contributed by atoms with Crippen LogP contribution in [0, 0.1) is 0 Å². The van der Waals surface area contributed by atoms with Crippen molar-refractivity contribution in [2.24, 2.45) is 4.99 Å². The Morgan fingerprint density at radius 2 is 1.71 bits per heavy atom. The summed E-state index contributed by atoms with van der Waals surface area (Å²) in [5.41, 5.74) is 2.97. The fraction of sp³-hybridized carbons (Fsp3) is 0. The summed E-state index contributed by atoms with van der Waals surface area (Å²) in [4.78, 5) is 24.5. The van der Waals surface area contributed by atoms with Crippen molar-refractivity contribution in [2.45, 2.75) is 0 Å². The summed E-state index contributed by atoms with van der Waals surface area (Å²) in [5, 5.41) is 0. The van der Waals surface area contributed by atoms with Crippen molar-refractivity contribution in [3.8, 4) is 11.1 Å². The first kappa shape index (κ1) is 11.0. The molecule has 0 bridgehead atoms. The van der Waals surface area contributed by atoms with Gasteiger partial charge in [-0.05, 0) is 23.3 Å². The van der Waals surface area contributed by atoms with Crippen molar-refractivity contribution < 1.29 is 9.59 Å². The maximum absolute atomic E-state index is 10.9. The van der Waals surface area contributed by atoms with E-state index >= 15 is 0 Å². The average Bonchev–Trinajstić information content (AvgIpc) is 2.40. The molecule has 0 atom stereocenters. The molecule has 0 fully saturated rings. The zero-order chi connectivity index (χ0) is 12.1. The van der Waals surface area contributed by atoms with Gasteiger partial charge in [-0.1, -0.05) is 36.4 Å². The normalized spacial score (nSPS) is 9.41. The minimum Gasteiger partial charge on any atom is -0.298 e. The molecule has 0 aromatic heterocycles. The third kappa shape index (κ3) is 2.36. The first-order valence-corrected chi connectivity index (χ1v) is 5.07. The maximum Gasteiger partial charge on any atom is 0.240 e. The van der Waals surface area contributed by atoms with E-state index in [-0.39, 0.29) is 0 Å². The number of benzene rings is 2. The van der Waals surface area contributed by atoms with Gasteiger partial charge in [0.25, 0.3) is 0 Å². The summed E-state index contributed by atoms with van der Waals surface area (Å²) >= 11 is 0. The second-order valence-electron chi connectivity index (χ2n) is 3.46. The van der Waals surface area contributed by atoms with Gasteiger partial charge in [0.1, 0.15) is 0 Å². The molecule has 2 aromatic carbocycles. The van der Waals surface area contributed by atoms with Crippen LogP contribution in [0.25, 0.3) is 11.1 Å². The molecule has 3 heteroatoms. The maximum atomic E-state index is 10.9. The van der Waals surface area contributed by atoms with Crippen molar-refractivity contribution in [3.05, 3.63) is 54.1 Å². The Morgan fingerprint density at radius 1 is 1.00 bits per heavy atom. The molecule has 2 aromatic rings. The molecule has 0 unspecified atom stereocenters. The first-order chi connectivity index (χ1) is 8.35. The Hall–Kier alpha value is -2.51. The predicted molar refractivity (Wildman–Crippen MR) is 65.0 cm³/mol. The standard InChI is InChI=1S/C14H9NO2/c16-9-12-3-1-2-4-14(12)11-5-7-13(8-6-11)15-10-17/h1-9H. The smallest absolute Gasteiger partial charge is 0.240 e. The molecule has 0 radical (unpaired) electrons.